The van der Waals surface area contributed by atoms with Gasteiger partial charge >= 0.3 is 0 Å². The third kappa shape index (κ3) is 4.86. The van der Waals surface area contributed by atoms with Crippen LogP contribution in [0.15, 0.2) is 66.7 Å². The number of nitrogens with one attached hydrogen (secondary N) is 1. The number of rotatable bonds is 7. The summed E-state index contributed by atoms with van der Waals surface area (Å²) < 4.78 is 21.0. The molecule has 158 valence electrons. The number of amides is 1. The maximum absolute atomic E-state index is 13.1. The number of benzene rings is 3. The molecule has 0 saturated carbocycles. The average Bonchev–Trinajstić information content (AvgIpc) is 3.12. The summed E-state index contributed by atoms with van der Waals surface area (Å²) in [7, 11) is 0. The lowest BCUT2D eigenvalue weighted by molar-refractivity contribution is 0.0949. The van der Waals surface area contributed by atoms with Crippen molar-refractivity contribution in [3.05, 3.63) is 94.5 Å². The molecule has 0 aliphatic rings. The predicted octanol–water partition coefficient (Wildman–Crippen LogP) is 5.15. The van der Waals surface area contributed by atoms with Gasteiger partial charge in [-0.05, 0) is 67.1 Å². The molecule has 1 aromatic heterocycles. The molecule has 31 heavy (non-hydrogen) atoms. The minimum absolute atomic E-state index is 0.241. The molecular formula is C24H21ClFN3O2. The summed E-state index contributed by atoms with van der Waals surface area (Å²) in [6, 6.07) is 18.8. The molecule has 5 nitrogen and oxygen atoms in total. The summed E-state index contributed by atoms with van der Waals surface area (Å²) in [4.78, 5) is 17.1. The van der Waals surface area contributed by atoms with Crippen LogP contribution in [0.25, 0.3) is 11.0 Å². The molecule has 3 aromatic carbocycles. The van der Waals surface area contributed by atoms with Crippen molar-refractivity contribution in [1.29, 1.82) is 0 Å². The van der Waals surface area contributed by atoms with E-state index in [2.05, 4.69) is 10.3 Å². The topological polar surface area (TPSA) is 56.1 Å². The van der Waals surface area contributed by atoms with Crippen molar-refractivity contribution in [1.82, 2.24) is 14.9 Å². The van der Waals surface area contributed by atoms with Gasteiger partial charge in [-0.1, -0.05) is 23.7 Å². The van der Waals surface area contributed by atoms with Crippen LogP contribution in [0.2, 0.25) is 5.02 Å². The van der Waals surface area contributed by atoms with E-state index in [1.165, 1.54) is 24.3 Å². The Labute approximate surface area is 184 Å². The second kappa shape index (κ2) is 9.18. The maximum atomic E-state index is 13.1. The predicted molar refractivity (Wildman–Crippen MR) is 119 cm³/mol. The first-order valence-electron chi connectivity index (χ1n) is 9.88. The van der Waals surface area contributed by atoms with Crippen LogP contribution < -0.4 is 10.1 Å². The van der Waals surface area contributed by atoms with Gasteiger partial charge in [0.1, 0.15) is 24.0 Å². The summed E-state index contributed by atoms with van der Waals surface area (Å²) in [5, 5.41) is 3.56. The monoisotopic (exact) mass is 437 g/mol. The molecule has 0 spiro atoms. The minimum Gasteiger partial charge on any atom is -0.492 e. The van der Waals surface area contributed by atoms with E-state index in [-0.39, 0.29) is 18.3 Å². The molecule has 0 fully saturated rings. The van der Waals surface area contributed by atoms with Crippen molar-refractivity contribution >= 4 is 28.5 Å². The van der Waals surface area contributed by atoms with Gasteiger partial charge in [0, 0.05) is 10.6 Å². The first kappa shape index (κ1) is 20.9. The number of carbonyl (C=O) groups excluding carboxylic acids is 1. The van der Waals surface area contributed by atoms with Gasteiger partial charge in [-0.15, -0.1) is 0 Å². The standard InChI is InChI=1S/C24H21ClFN3O2/c1-16-14-19(10-11-20(16)25)31-13-12-29-22-5-3-2-4-21(22)28-23(29)15-27-24(30)17-6-8-18(26)9-7-17/h2-11,14H,12-13,15H2,1H3,(H,27,30). The summed E-state index contributed by atoms with van der Waals surface area (Å²) in [5.74, 6) is 0.797. The van der Waals surface area contributed by atoms with Gasteiger partial charge < -0.3 is 14.6 Å². The van der Waals surface area contributed by atoms with Gasteiger partial charge in [-0.3, -0.25) is 4.79 Å². The number of aromatic nitrogens is 2. The highest BCUT2D eigenvalue weighted by atomic mass is 35.5. The van der Waals surface area contributed by atoms with Crippen molar-refractivity contribution in [2.24, 2.45) is 0 Å². The molecule has 0 bridgehead atoms. The zero-order valence-corrected chi connectivity index (χ0v) is 17.7. The molecule has 7 heteroatoms. The van der Waals surface area contributed by atoms with Crippen molar-refractivity contribution in [2.75, 3.05) is 6.61 Å². The van der Waals surface area contributed by atoms with Crippen molar-refractivity contribution in [3.63, 3.8) is 0 Å². The summed E-state index contributed by atoms with van der Waals surface area (Å²) in [6.45, 7) is 3.16. The maximum Gasteiger partial charge on any atom is 0.251 e. The Morgan fingerprint density at radius 3 is 2.68 bits per heavy atom. The molecular weight excluding hydrogens is 417 g/mol. The Bertz CT molecular complexity index is 1220. The van der Waals surface area contributed by atoms with Crippen LogP contribution in [0.3, 0.4) is 0 Å². The van der Waals surface area contributed by atoms with Crippen molar-refractivity contribution in [2.45, 2.75) is 20.0 Å². The highest BCUT2D eigenvalue weighted by Gasteiger charge is 2.13. The Hall–Kier alpha value is -3.38. The number of aryl methyl sites for hydroxylation is 1. The second-order valence-electron chi connectivity index (χ2n) is 7.12. The molecule has 0 aliphatic carbocycles. The fourth-order valence-electron chi connectivity index (χ4n) is 3.33. The van der Waals surface area contributed by atoms with E-state index in [0.29, 0.717) is 29.6 Å². The number of para-hydroxylation sites is 2. The lowest BCUT2D eigenvalue weighted by Gasteiger charge is -2.12. The van der Waals surface area contributed by atoms with Gasteiger partial charge in [-0.2, -0.15) is 0 Å². The van der Waals surface area contributed by atoms with Gasteiger partial charge in [0.25, 0.3) is 5.91 Å². The van der Waals surface area contributed by atoms with Crippen molar-refractivity contribution < 1.29 is 13.9 Å². The summed E-state index contributed by atoms with van der Waals surface area (Å²) in [6.07, 6.45) is 0. The SMILES string of the molecule is Cc1cc(OCCn2c(CNC(=O)c3ccc(F)cc3)nc3ccccc32)ccc1Cl. The van der Waals surface area contributed by atoms with Gasteiger partial charge in [0.05, 0.1) is 24.1 Å². The highest BCUT2D eigenvalue weighted by molar-refractivity contribution is 6.31. The van der Waals surface area contributed by atoms with E-state index in [1.54, 1.807) is 0 Å². The Morgan fingerprint density at radius 1 is 1.13 bits per heavy atom. The van der Waals surface area contributed by atoms with Crippen molar-refractivity contribution in [3.8, 4) is 5.75 Å². The van der Waals surface area contributed by atoms with Crippen LogP contribution in [0.4, 0.5) is 4.39 Å². The number of nitrogens with zero attached hydrogens (tertiary/aromatic N) is 2. The normalized spacial score (nSPS) is 10.9. The molecule has 0 saturated heterocycles. The molecule has 0 radical (unpaired) electrons. The average molecular weight is 438 g/mol. The molecule has 1 N–H and O–H groups in total. The number of imidazole rings is 1. The fourth-order valence-corrected chi connectivity index (χ4v) is 3.45. The number of fused-ring (bicyclic) bond motifs is 1. The zero-order chi connectivity index (χ0) is 21.8. The van der Waals surface area contributed by atoms with Crippen LogP contribution in [-0.4, -0.2) is 22.1 Å². The third-order valence-corrected chi connectivity index (χ3v) is 5.38. The number of carbonyl (C=O) groups is 1. The third-order valence-electron chi connectivity index (χ3n) is 4.96. The Kier molecular flexibility index (Phi) is 6.18. The fraction of sp³-hybridized carbons (Fsp3) is 0.167. The van der Waals surface area contributed by atoms with E-state index in [4.69, 9.17) is 16.3 Å². The summed E-state index contributed by atoms with van der Waals surface area (Å²) >= 11 is 6.07. The molecule has 0 atom stereocenters. The second-order valence-corrected chi connectivity index (χ2v) is 7.52. The molecule has 0 aliphatic heterocycles. The zero-order valence-electron chi connectivity index (χ0n) is 16.9. The van der Waals surface area contributed by atoms with E-state index < -0.39 is 0 Å². The smallest absolute Gasteiger partial charge is 0.251 e. The van der Waals surface area contributed by atoms with E-state index in [9.17, 15) is 9.18 Å². The van der Waals surface area contributed by atoms with Crippen LogP contribution >= 0.6 is 11.6 Å². The molecule has 1 heterocycles. The largest absolute Gasteiger partial charge is 0.492 e. The van der Waals surface area contributed by atoms with Gasteiger partial charge in [-0.25, -0.2) is 9.37 Å². The summed E-state index contributed by atoms with van der Waals surface area (Å²) in [5.41, 5.74) is 3.15. The lowest BCUT2D eigenvalue weighted by atomic mass is 10.2. The van der Waals surface area contributed by atoms with Gasteiger partial charge in [0.2, 0.25) is 0 Å². The van der Waals surface area contributed by atoms with E-state index in [1.807, 2.05) is 54.0 Å². The van der Waals surface area contributed by atoms with E-state index in [0.717, 1.165) is 22.3 Å². The number of halogens is 2. The Morgan fingerprint density at radius 2 is 1.90 bits per heavy atom. The molecule has 4 aromatic rings. The lowest BCUT2D eigenvalue weighted by Crippen LogP contribution is -2.25. The molecule has 0 unspecified atom stereocenters. The molecule has 4 rings (SSSR count). The van der Waals surface area contributed by atoms with Crippen LogP contribution in [-0.2, 0) is 13.1 Å². The van der Waals surface area contributed by atoms with Gasteiger partial charge in [0.15, 0.2) is 0 Å². The van der Waals surface area contributed by atoms with Crippen LogP contribution in [0.5, 0.6) is 5.75 Å². The number of hydrogen-bond acceptors (Lipinski definition) is 3. The first-order valence-corrected chi connectivity index (χ1v) is 10.3. The quantitative estimate of drug-likeness (QED) is 0.435. The first-order chi connectivity index (χ1) is 15.0. The van der Waals surface area contributed by atoms with Crippen LogP contribution in [0.1, 0.15) is 21.7 Å². The minimum atomic E-state index is -0.380. The number of hydrogen-bond donors (Lipinski definition) is 1. The Balaban J connectivity index is 1.48. The number of ether oxygens (including phenoxy) is 1. The molecule has 1 amide bonds. The van der Waals surface area contributed by atoms with Crippen LogP contribution in [0, 0.1) is 12.7 Å². The van der Waals surface area contributed by atoms with E-state index >= 15 is 0 Å². The highest BCUT2D eigenvalue weighted by Crippen LogP contribution is 2.21.